The normalized spacial score (nSPS) is 10.0. The fraction of sp³-hybridized carbons (Fsp3) is 0.222. The molecule has 0 atom stereocenters. The number of benzene rings is 2. The van der Waals surface area contributed by atoms with Gasteiger partial charge in [-0.05, 0) is 49.4 Å². The third-order valence-electron chi connectivity index (χ3n) is 3.28. The fourth-order valence-electron chi connectivity index (χ4n) is 2.09. The molecule has 0 aromatic heterocycles. The number of rotatable bonds is 7. The van der Waals surface area contributed by atoms with Crippen LogP contribution in [0.3, 0.4) is 0 Å². The molecule has 2 N–H and O–H groups in total. The lowest BCUT2D eigenvalue weighted by molar-refractivity contribution is -0.114. The Balaban J connectivity index is 1.92. The number of nitrogens with one attached hydrogen (secondary N) is 2. The van der Waals surface area contributed by atoms with Crippen molar-refractivity contribution in [2.45, 2.75) is 6.92 Å². The van der Waals surface area contributed by atoms with E-state index in [4.69, 9.17) is 21.1 Å². The molecule has 0 aliphatic heterocycles. The van der Waals surface area contributed by atoms with Crippen LogP contribution in [0.5, 0.6) is 5.75 Å². The monoisotopic (exact) mass is 362 g/mol. The standard InChI is InChI=1S/C18H19ClN2O4/c1-3-25-18(23)12-4-7-14(8-5-12)20-11-17(22)21-15-10-13(19)6-9-16(15)24-2/h4-10,20H,3,11H2,1-2H3,(H,21,22). The van der Waals surface area contributed by atoms with Crippen LogP contribution in [-0.2, 0) is 9.53 Å². The number of halogens is 1. The highest BCUT2D eigenvalue weighted by atomic mass is 35.5. The summed E-state index contributed by atoms with van der Waals surface area (Å²) in [5, 5.41) is 6.21. The van der Waals surface area contributed by atoms with Crippen LogP contribution >= 0.6 is 11.6 Å². The molecule has 2 rings (SSSR count). The Morgan fingerprint density at radius 2 is 1.84 bits per heavy atom. The summed E-state index contributed by atoms with van der Waals surface area (Å²) in [6, 6.07) is 11.7. The number of carbonyl (C=O) groups excluding carboxylic acids is 2. The maximum atomic E-state index is 12.1. The quantitative estimate of drug-likeness (QED) is 0.736. The highest BCUT2D eigenvalue weighted by Crippen LogP contribution is 2.27. The molecule has 0 unspecified atom stereocenters. The van der Waals surface area contributed by atoms with E-state index in [9.17, 15) is 9.59 Å². The van der Waals surface area contributed by atoms with Gasteiger partial charge in [-0.2, -0.15) is 0 Å². The van der Waals surface area contributed by atoms with Gasteiger partial charge in [0.25, 0.3) is 0 Å². The highest BCUT2D eigenvalue weighted by Gasteiger charge is 2.09. The van der Waals surface area contributed by atoms with Gasteiger partial charge < -0.3 is 20.1 Å². The topological polar surface area (TPSA) is 76.7 Å². The van der Waals surface area contributed by atoms with Gasteiger partial charge in [-0.15, -0.1) is 0 Å². The Kier molecular flexibility index (Phi) is 6.65. The third kappa shape index (κ3) is 5.39. The van der Waals surface area contributed by atoms with Crippen molar-refractivity contribution in [2.24, 2.45) is 0 Å². The number of hydrogen-bond donors (Lipinski definition) is 2. The van der Waals surface area contributed by atoms with Crippen LogP contribution in [0.1, 0.15) is 17.3 Å². The van der Waals surface area contributed by atoms with Crippen molar-refractivity contribution in [3.8, 4) is 5.75 Å². The van der Waals surface area contributed by atoms with Crippen LogP contribution in [0.15, 0.2) is 42.5 Å². The molecule has 0 bridgehead atoms. The van der Waals surface area contributed by atoms with Gasteiger partial charge in [-0.3, -0.25) is 4.79 Å². The summed E-state index contributed by atoms with van der Waals surface area (Å²) < 4.78 is 10.1. The number of anilines is 2. The van der Waals surface area contributed by atoms with Crippen molar-refractivity contribution in [3.05, 3.63) is 53.1 Å². The van der Waals surface area contributed by atoms with Gasteiger partial charge in [0.05, 0.1) is 31.5 Å². The second kappa shape index (κ2) is 8.94. The summed E-state index contributed by atoms with van der Waals surface area (Å²) in [7, 11) is 1.52. The lowest BCUT2D eigenvalue weighted by Gasteiger charge is -2.11. The van der Waals surface area contributed by atoms with Gasteiger partial charge in [0.2, 0.25) is 5.91 Å². The molecule has 0 radical (unpaired) electrons. The summed E-state index contributed by atoms with van der Waals surface area (Å²) >= 11 is 5.93. The Morgan fingerprint density at radius 1 is 1.12 bits per heavy atom. The van der Waals surface area contributed by atoms with Crippen molar-refractivity contribution in [2.75, 3.05) is 30.9 Å². The Morgan fingerprint density at radius 3 is 2.48 bits per heavy atom. The van der Waals surface area contributed by atoms with E-state index in [1.165, 1.54) is 7.11 Å². The predicted octanol–water partition coefficient (Wildman–Crippen LogP) is 3.58. The minimum absolute atomic E-state index is 0.0500. The second-order valence-electron chi connectivity index (χ2n) is 5.04. The number of hydrogen-bond acceptors (Lipinski definition) is 5. The zero-order valence-electron chi connectivity index (χ0n) is 14.0. The third-order valence-corrected chi connectivity index (χ3v) is 3.52. The molecule has 1 amide bonds. The zero-order chi connectivity index (χ0) is 18.2. The van der Waals surface area contributed by atoms with Crippen molar-refractivity contribution in [1.29, 1.82) is 0 Å². The maximum Gasteiger partial charge on any atom is 0.338 e. The number of methoxy groups -OCH3 is 1. The number of ether oxygens (including phenoxy) is 2. The van der Waals surface area contributed by atoms with Crippen LogP contribution in [0.4, 0.5) is 11.4 Å². The van der Waals surface area contributed by atoms with Crippen molar-refractivity contribution in [1.82, 2.24) is 0 Å². The molecule has 7 heteroatoms. The molecular formula is C18H19ClN2O4. The molecule has 0 spiro atoms. The molecule has 0 aliphatic carbocycles. The van der Waals surface area contributed by atoms with Gasteiger partial charge in [0.1, 0.15) is 5.75 Å². The average molecular weight is 363 g/mol. The summed E-state index contributed by atoms with van der Waals surface area (Å²) in [6.07, 6.45) is 0. The van der Waals surface area contributed by atoms with Crippen molar-refractivity contribution in [3.63, 3.8) is 0 Å². The first kappa shape index (κ1) is 18.6. The highest BCUT2D eigenvalue weighted by molar-refractivity contribution is 6.31. The van der Waals surface area contributed by atoms with Gasteiger partial charge in [-0.25, -0.2) is 4.79 Å². The molecule has 6 nitrogen and oxygen atoms in total. The summed E-state index contributed by atoms with van der Waals surface area (Å²) in [5.41, 5.74) is 1.67. The van der Waals surface area contributed by atoms with E-state index in [-0.39, 0.29) is 18.4 Å². The molecule has 2 aromatic rings. The van der Waals surface area contributed by atoms with Crippen LogP contribution < -0.4 is 15.4 Å². The maximum absolute atomic E-state index is 12.1. The largest absolute Gasteiger partial charge is 0.495 e. The second-order valence-corrected chi connectivity index (χ2v) is 5.48. The zero-order valence-corrected chi connectivity index (χ0v) is 14.7. The number of amides is 1. The van der Waals surface area contributed by atoms with E-state index < -0.39 is 0 Å². The minimum atomic E-state index is -0.375. The summed E-state index contributed by atoms with van der Waals surface area (Å²) in [4.78, 5) is 23.7. The SMILES string of the molecule is CCOC(=O)c1ccc(NCC(=O)Nc2cc(Cl)ccc2OC)cc1. The van der Waals surface area contributed by atoms with Crippen molar-refractivity contribution >= 4 is 34.9 Å². The van der Waals surface area contributed by atoms with Crippen LogP contribution in [0, 0.1) is 0 Å². The molecule has 0 heterocycles. The van der Waals surface area contributed by atoms with E-state index in [1.54, 1.807) is 49.4 Å². The molecule has 2 aromatic carbocycles. The van der Waals surface area contributed by atoms with E-state index in [1.807, 2.05) is 0 Å². The first-order valence-corrected chi connectivity index (χ1v) is 8.05. The van der Waals surface area contributed by atoms with Crippen molar-refractivity contribution < 1.29 is 19.1 Å². The fourth-order valence-corrected chi connectivity index (χ4v) is 2.27. The van der Waals surface area contributed by atoms with E-state index in [0.717, 1.165) is 0 Å². The lowest BCUT2D eigenvalue weighted by Crippen LogP contribution is -2.22. The smallest absolute Gasteiger partial charge is 0.338 e. The van der Waals surface area contributed by atoms with Crippen LogP contribution in [-0.4, -0.2) is 32.1 Å². The van der Waals surface area contributed by atoms with E-state index in [2.05, 4.69) is 10.6 Å². The van der Waals surface area contributed by atoms with E-state index in [0.29, 0.717) is 34.3 Å². The Labute approximate surface area is 151 Å². The molecule has 132 valence electrons. The predicted molar refractivity (Wildman–Crippen MR) is 97.5 cm³/mol. The van der Waals surface area contributed by atoms with Gasteiger partial charge in [0.15, 0.2) is 0 Å². The summed E-state index contributed by atoms with van der Waals surface area (Å²) in [6.45, 7) is 2.13. The van der Waals surface area contributed by atoms with E-state index >= 15 is 0 Å². The molecule has 0 saturated carbocycles. The minimum Gasteiger partial charge on any atom is -0.495 e. The lowest BCUT2D eigenvalue weighted by atomic mass is 10.2. The number of carbonyl (C=O) groups is 2. The first-order valence-electron chi connectivity index (χ1n) is 7.68. The van der Waals surface area contributed by atoms with Crippen LogP contribution in [0.25, 0.3) is 0 Å². The summed E-state index contributed by atoms with van der Waals surface area (Å²) in [5.74, 6) is -0.105. The first-order chi connectivity index (χ1) is 12.0. The molecular weight excluding hydrogens is 344 g/mol. The average Bonchev–Trinajstić information content (AvgIpc) is 2.61. The number of esters is 1. The van der Waals surface area contributed by atoms with Gasteiger partial charge in [0, 0.05) is 10.7 Å². The van der Waals surface area contributed by atoms with Gasteiger partial charge >= 0.3 is 5.97 Å². The van der Waals surface area contributed by atoms with Gasteiger partial charge in [-0.1, -0.05) is 11.6 Å². The van der Waals surface area contributed by atoms with Crippen LogP contribution in [0.2, 0.25) is 5.02 Å². The Hall–Kier alpha value is -2.73. The Bertz CT molecular complexity index is 747. The molecule has 0 aliphatic rings. The molecule has 25 heavy (non-hydrogen) atoms. The molecule has 0 saturated heterocycles. The molecule has 0 fully saturated rings.